The van der Waals surface area contributed by atoms with Crippen LogP contribution in [-0.2, 0) is 12.8 Å². The Balaban J connectivity index is 1.73. The van der Waals surface area contributed by atoms with Crippen LogP contribution in [0, 0.1) is 0 Å². The second kappa shape index (κ2) is 9.01. The van der Waals surface area contributed by atoms with Gasteiger partial charge in [-0.25, -0.2) is 0 Å². The molecule has 0 aliphatic carbocycles. The minimum Gasteiger partial charge on any atom is -0.284 e. The van der Waals surface area contributed by atoms with Crippen LogP contribution in [0.25, 0.3) is 6.08 Å². The average Bonchev–Trinajstić information content (AvgIpc) is 2.64. The molecule has 3 rings (SSSR count). The summed E-state index contributed by atoms with van der Waals surface area (Å²) in [5, 5.41) is 0.776. The Morgan fingerprint density at radius 1 is 1.04 bits per heavy atom. The zero-order valence-electron chi connectivity index (χ0n) is 15.0. The van der Waals surface area contributed by atoms with E-state index in [2.05, 4.69) is 37.3 Å². The lowest BCUT2D eigenvalue weighted by molar-refractivity contribution is 0.666. The smallest absolute Gasteiger partial charge is 0.0649 e. The standard InChI is InChI=1S/C23H26ClN/c1-2-3-4-5-8-18-11-13-21-20(17-18)15-16-25-23(21)14-12-19-9-6-7-10-22(19)24/h6-7,9-14,17H,2-5,8,15-16H2,1H3. The Morgan fingerprint density at radius 3 is 2.76 bits per heavy atom. The van der Waals surface area contributed by atoms with Gasteiger partial charge in [0.25, 0.3) is 0 Å². The van der Waals surface area contributed by atoms with E-state index in [1.807, 2.05) is 24.3 Å². The summed E-state index contributed by atoms with van der Waals surface area (Å²) < 4.78 is 0. The lowest BCUT2D eigenvalue weighted by Crippen LogP contribution is -2.11. The lowest BCUT2D eigenvalue weighted by atomic mass is 9.93. The molecule has 0 amide bonds. The van der Waals surface area contributed by atoms with Crippen LogP contribution >= 0.6 is 11.6 Å². The van der Waals surface area contributed by atoms with Crippen LogP contribution in [0.2, 0.25) is 5.02 Å². The number of allylic oxidation sites excluding steroid dienone is 1. The molecule has 2 aromatic rings. The molecule has 2 heteroatoms. The van der Waals surface area contributed by atoms with E-state index >= 15 is 0 Å². The molecule has 0 fully saturated rings. The van der Waals surface area contributed by atoms with E-state index < -0.39 is 0 Å². The summed E-state index contributed by atoms with van der Waals surface area (Å²) in [4.78, 5) is 4.72. The fourth-order valence-corrected chi connectivity index (χ4v) is 3.52. The Kier molecular flexibility index (Phi) is 6.47. The van der Waals surface area contributed by atoms with Crippen LogP contribution < -0.4 is 0 Å². The van der Waals surface area contributed by atoms with Crippen molar-refractivity contribution in [2.75, 3.05) is 6.54 Å². The van der Waals surface area contributed by atoms with E-state index in [-0.39, 0.29) is 0 Å². The highest BCUT2D eigenvalue weighted by Gasteiger charge is 2.12. The molecule has 1 nitrogen and oxygen atoms in total. The zero-order valence-corrected chi connectivity index (χ0v) is 15.7. The minimum absolute atomic E-state index is 0.776. The molecule has 1 heterocycles. The Hall–Kier alpha value is -1.86. The van der Waals surface area contributed by atoms with Gasteiger partial charge in [0.2, 0.25) is 0 Å². The van der Waals surface area contributed by atoms with Crippen molar-refractivity contribution in [1.29, 1.82) is 0 Å². The second-order valence-corrected chi connectivity index (χ2v) is 7.08. The Labute approximate surface area is 156 Å². The molecular weight excluding hydrogens is 326 g/mol. The second-order valence-electron chi connectivity index (χ2n) is 6.67. The van der Waals surface area contributed by atoms with Gasteiger partial charge in [0.15, 0.2) is 0 Å². The lowest BCUT2D eigenvalue weighted by Gasteiger charge is -2.16. The average molecular weight is 352 g/mol. The monoisotopic (exact) mass is 351 g/mol. The molecule has 0 unspecified atom stereocenters. The van der Waals surface area contributed by atoms with Crippen LogP contribution in [0.4, 0.5) is 0 Å². The number of hydrogen-bond donors (Lipinski definition) is 0. The molecule has 2 aromatic carbocycles. The molecule has 0 spiro atoms. The third-order valence-corrected chi connectivity index (χ3v) is 5.10. The largest absolute Gasteiger partial charge is 0.284 e. The first-order chi connectivity index (χ1) is 12.3. The highest BCUT2D eigenvalue weighted by atomic mass is 35.5. The fraction of sp³-hybridized carbons (Fsp3) is 0.348. The van der Waals surface area contributed by atoms with Crippen LogP contribution in [0.15, 0.2) is 53.5 Å². The fourth-order valence-electron chi connectivity index (χ4n) is 3.32. The SMILES string of the molecule is CCCCCCc1ccc2c(c1)CCN=C2C=Cc1ccccc1Cl. The molecule has 0 radical (unpaired) electrons. The maximum absolute atomic E-state index is 6.24. The summed E-state index contributed by atoms with van der Waals surface area (Å²) in [6.45, 7) is 3.13. The van der Waals surface area contributed by atoms with Gasteiger partial charge in [0.05, 0.1) is 5.71 Å². The van der Waals surface area contributed by atoms with Crippen molar-refractivity contribution < 1.29 is 0 Å². The van der Waals surface area contributed by atoms with E-state index in [0.29, 0.717) is 0 Å². The molecule has 0 saturated heterocycles. The van der Waals surface area contributed by atoms with Gasteiger partial charge in [-0.05, 0) is 48.1 Å². The quantitative estimate of drug-likeness (QED) is 0.503. The highest BCUT2D eigenvalue weighted by Crippen LogP contribution is 2.22. The topological polar surface area (TPSA) is 12.4 Å². The molecule has 1 aliphatic rings. The third-order valence-electron chi connectivity index (χ3n) is 4.75. The van der Waals surface area contributed by atoms with Gasteiger partial charge in [-0.15, -0.1) is 0 Å². The summed E-state index contributed by atoms with van der Waals surface area (Å²) in [5.41, 5.74) is 6.27. The summed E-state index contributed by atoms with van der Waals surface area (Å²) >= 11 is 6.24. The molecular formula is C23H26ClN. The van der Waals surface area contributed by atoms with E-state index in [9.17, 15) is 0 Å². The number of hydrogen-bond acceptors (Lipinski definition) is 1. The van der Waals surface area contributed by atoms with Gasteiger partial charge in [-0.3, -0.25) is 4.99 Å². The van der Waals surface area contributed by atoms with Crippen molar-refractivity contribution in [3.05, 3.63) is 75.8 Å². The summed E-state index contributed by atoms with van der Waals surface area (Å²) in [6.07, 6.45) is 11.7. The maximum atomic E-state index is 6.24. The van der Waals surface area contributed by atoms with Crippen molar-refractivity contribution in [2.45, 2.75) is 45.4 Å². The molecule has 0 aromatic heterocycles. The van der Waals surface area contributed by atoms with Gasteiger partial charge >= 0.3 is 0 Å². The third kappa shape index (κ3) is 4.83. The molecule has 0 N–H and O–H groups in total. The Bertz CT molecular complexity index is 773. The van der Waals surface area contributed by atoms with Gasteiger partial charge in [0, 0.05) is 17.1 Å². The van der Waals surface area contributed by atoms with Crippen LogP contribution in [-0.4, -0.2) is 12.3 Å². The van der Waals surface area contributed by atoms with Gasteiger partial charge < -0.3 is 0 Å². The minimum atomic E-state index is 0.776. The maximum Gasteiger partial charge on any atom is 0.0649 e. The first-order valence-corrected chi connectivity index (χ1v) is 9.75. The van der Waals surface area contributed by atoms with E-state index in [0.717, 1.165) is 29.3 Å². The normalized spacial score (nSPS) is 13.8. The van der Waals surface area contributed by atoms with Gasteiger partial charge in [0.1, 0.15) is 0 Å². The number of rotatable bonds is 7. The first kappa shape index (κ1) is 17.9. The van der Waals surface area contributed by atoms with Gasteiger partial charge in [-0.2, -0.15) is 0 Å². The van der Waals surface area contributed by atoms with Crippen molar-refractivity contribution >= 4 is 23.4 Å². The number of benzene rings is 2. The number of aliphatic imine (C=N–C) groups is 1. The van der Waals surface area contributed by atoms with E-state index in [4.69, 9.17) is 16.6 Å². The summed E-state index contributed by atoms with van der Waals surface area (Å²) in [6, 6.07) is 14.8. The first-order valence-electron chi connectivity index (χ1n) is 9.37. The van der Waals surface area contributed by atoms with Crippen LogP contribution in [0.1, 0.15) is 54.9 Å². The van der Waals surface area contributed by atoms with Crippen molar-refractivity contribution in [3.8, 4) is 0 Å². The van der Waals surface area contributed by atoms with E-state index in [1.165, 1.54) is 48.8 Å². The summed E-state index contributed by atoms with van der Waals surface area (Å²) in [7, 11) is 0. The molecule has 0 saturated carbocycles. The number of halogens is 1. The van der Waals surface area contributed by atoms with Crippen molar-refractivity contribution in [3.63, 3.8) is 0 Å². The van der Waals surface area contributed by atoms with Crippen LogP contribution in [0.3, 0.4) is 0 Å². The summed E-state index contributed by atoms with van der Waals surface area (Å²) in [5.74, 6) is 0. The molecule has 1 aliphatic heterocycles. The van der Waals surface area contributed by atoms with Gasteiger partial charge in [-0.1, -0.05) is 80.3 Å². The number of nitrogens with zero attached hydrogens (tertiary/aromatic N) is 1. The number of unbranched alkanes of at least 4 members (excludes halogenated alkanes) is 3. The van der Waals surface area contributed by atoms with Crippen molar-refractivity contribution in [1.82, 2.24) is 0 Å². The highest BCUT2D eigenvalue weighted by molar-refractivity contribution is 6.32. The predicted octanol–water partition coefficient (Wildman–Crippen LogP) is 6.52. The van der Waals surface area contributed by atoms with Crippen LogP contribution in [0.5, 0.6) is 0 Å². The Morgan fingerprint density at radius 2 is 1.92 bits per heavy atom. The number of aryl methyl sites for hydroxylation is 1. The number of fused-ring (bicyclic) bond motifs is 1. The molecule has 25 heavy (non-hydrogen) atoms. The predicted molar refractivity (Wildman–Crippen MR) is 110 cm³/mol. The zero-order chi connectivity index (χ0) is 17.5. The van der Waals surface area contributed by atoms with E-state index in [1.54, 1.807) is 0 Å². The van der Waals surface area contributed by atoms with Crippen molar-refractivity contribution in [2.24, 2.45) is 4.99 Å². The molecule has 0 atom stereocenters. The molecule has 130 valence electrons. The molecule has 0 bridgehead atoms.